The standard InChI is InChI=1S/C21H33NO3/c1-16-5-7-18(8-6-16)21-17(2)4-3-11-22(21)14-19(23)15-25-20-9-12-24-13-10-20/h5-8,17,19-21,23H,3-4,9-15H2,1-2H3. The average Bonchev–Trinajstić information content (AvgIpc) is 2.62. The Bertz CT molecular complexity index is 512. The van der Waals surface area contributed by atoms with Crippen molar-refractivity contribution in [3.8, 4) is 0 Å². The quantitative estimate of drug-likeness (QED) is 0.857. The van der Waals surface area contributed by atoms with Crippen LogP contribution in [0.1, 0.15) is 49.8 Å². The van der Waals surface area contributed by atoms with Gasteiger partial charge in [-0.1, -0.05) is 36.8 Å². The van der Waals surface area contributed by atoms with E-state index in [0.29, 0.717) is 25.1 Å². The number of hydrogen-bond acceptors (Lipinski definition) is 4. The highest BCUT2D eigenvalue weighted by molar-refractivity contribution is 5.25. The van der Waals surface area contributed by atoms with Crippen molar-refractivity contribution in [3.05, 3.63) is 35.4 Å². The van der Waals surface area contributed by atoms with Crippen molar-refractivity contribution in [2.75, 3.05) is 32.9 Å². The second-order valence-corrected chi connectivity index (χ2v) is 7.77. The van der Waals surface area contributed by atoms with Crippen LogP contribution in [0.5, 0.6) is 0 Å². The molecule has 1 N–H and O–H groups in total. The maximum Gasteiger partial charge on any atom is 0.0900 e. The van der Waals surface area contributed by atoms with E-state index >= 15 is 0 Å². The Morgan fingerprint density at radius 2 is 1.92 bits per heavy atom. The fraction of sp³-hybridized carbons (Fsp3) is 0.714. The van der Waals surface area contributed by atoms with Crippen molar-refractivity contribution in [1.82, 2.24) is 4.90 Å². The van der Waals surface area contributed by atoms with Crippen molar-refractivity contribution in [3.63, 3.8) is 0 Å². The van der Waals surface area contributed by atoms with Gasteiger partial charge in [-0.25, -0.2) is 0 Å². The predicted molar refractivity (Wildman–Crippen MR) is 99.7 cm³/mol. The van der Waals surface area contributed by atoms with Gasteiger partial charge in [-0.15, -0.1) is 0 Å². The van der Waals surface area contributed by atoms with Gasteiger partial charge in [-0.3, -0.25) is 4.90 Å². The van der Waals surface area contributed by atoms with Crippen molar-refractivity contribution in [2.24, 2.45) is 5.92 Å². The molecule has 4 heteroatoms. The Hall–Kier alpha value is -0.940. The molecule has 4 nitrogen and oxygen atoms in total. The van der Waals surface area contributed by atoms with Crippen molar-refractivity contribution in [2.45, 2.75) is 57.8 Å². The third kappa shape index (κ3) is 5.27. The minimum absolute atomic E-state index is 0.247. The summed E-state index contributed by atoms with van der Waals surface area (Å²) in [4.78, 5) is 2.46. The van der Waals surface area contributed by atoms with Crippen molar-refractivity contribution >= 4 is 0 Å². The van der Waals surface area contributed by atoms with Crippen molar-refractivity contribution < 1.29 is 14.6 Å². The molecule has 3 atom stereocenters. The number of benzene rings is 1. The summed E-state index contributed by atoms with van der Waals surface area (Å²) in [6.45, 7) is 8.18. The molecule has 1 aromatic rings. The predicted octanol–water partition coefficient (Wildman–Crippen LogP) is 3.32. The molecule has 2 heterocycles. The van der Waals surface area contributed by atoms with Gasteiger partial charge in [0.15, 0.2) is 0 Å². The second-order valence-electron chi connectivity index (χ2n) is 7.77. The molecule has 25 heavy (non-hydrogen) atoms. The van der Waals surface area contributed by atoms with Gasteiger partial charge in [-0.2, -0.15) is 0 Å². The Labute approximate surface area is 152 Å². The van der Waals surface area contributed by atoms with Crippen LogP contribution in [-0.2, 0) is 9.47 Å². The molecule has 3 unspecified atom stereocenters. The summed E-state index contributed by atoms with van der Waals surface area (Å²) in [7, 11) is 0. The molecule has 0 radical (unpaired) electrons. The lowest BCUT2D eigenvalue weighted by Crippen LogP contribution is -2.43. The summed E-state index contributed by atoms with van der Waals surface area (Å²) in [5.74, 6) is 0.611. The minimum Gasteiger partial charge on any atom is -0.389 e. The van der Waals surface area contributed by atoms with Gasteiger partial charge in [0.1, 0.15) is 0 Å². The van der Waals surface area contributed by atoms with Crippen LogP contribution in [0.4, 0.5) is 0 Å². The van der Waals surface area contributed by atoms with Crippen LogP contribution in [0.25, 0.3) is 0 Å². The maximum atomic E-state index is 10.5. The minimum atomic E-state index is -0.430. The second kappa shape index (κ2) is 9.13. The van der Waals surface area contributed by atoms with Gasteiger partial charge in [-0.05, 0) is 50.6 Å². The molecule has 1 aromatic carbocycles. The molecule has 0 amide bonds. The molecule has 2 aliphatic heterocycles. The molecular weight excluding hydrogens is 314 g/mol. The van der Waals surface area contributed by atoms with Crippen LogP contribution in [0, 0.1) is 12.8 Å². The zero-order chi connectivity index (χ0) is 17.6. The van der Waals surface area contributed by atoms with E-state index in [1.54, 1.807) is 0 Å². The fourth-order valence-electron chi connectivity index (χ4n) is 4.19. The van der Waals surface area contributed by atoms with Crippen LogP contribution >= 0.6 is 0 Å². The Morgan fingerprint density at radius 1 is 1.20 bits per heavy atom. The van der Waals surface area contributed by atoms with E-state index in [9.17, 15) is 5.11 Å². The summed E-state index contributed by atoms with van der Waals surface area (Å²) >= 11 is 0. The molecule has 0 aromatic heterocycles. The van der Waals surface area contributed by atoms with E-state index in [1.807, 2.05) is 0 Å². The van der Waals surface area contributed by atoms with Gasteiger partial charge in [0.2, 0.25) is 0 Å². The molecule has 0 aliphatic carbocycles. The van der Waals surface area contributed by atoms with Crippen molar-refractivity contribution in [1.29, 1.82) is 0 Å². The van der Waals surface area contributed by atoms with Gasteiger partial charge in [0.05, 0.1) is 18.8 Å². The average molecular weight is 347 g/mol. The Kier molecular flexibility index (Phi) is 6.88. The third-order valence-electron chi connectivity index (χ3n) is 5.59. The zero-order valence-corrected chi connectivity index (χ0v) is 15.7. The topological polar surface area (TPSA) is 41.9 Å². The van der Waals surface area contributed by atoms with E-state index in [2.05, 4.69) is 43.0 Å². The molecular formula is C21H33NO3. The van der Waals surface area contributed by atoms with Gasteiger partial charge >= 0.3 is 0 Å². The van der Waals surface area contributed by atoms with Gasteiger partial charge in [0.25, 0.3) is 0 Å². The highest BCUT2D eigenvalue weighted by Gasteiger charge is 2.31. The first-order chi connectivity index (χ1) is 12.1. The Morgan fingerprint density at radius 3 is 2.64 bits per heavy atom. The fourth-order valence-corrected chi connectivity index (χ4v) is 4.19. The molecule has 3 rings (SSSR count). The van der Waals surface area contributed by atoms with Gasteiger partial charge in [0, 0.05) is 25.8 Å². The number of aliphatic hydroxyl groups excluding tert-OH is 1. The number of likely N-dealkylation sites (tertiary alicyclic amines) is 1. The van der Waals surface area contributed by atoms with E-state index in [4.69, 9.17) is 9.47 Å². The SMILES string of the molecule is Cc1ccc(C2C(C)CCCN2CC(O)COC2CCOCC2)cc1. The molecule has 2 fully saturated rings. The number of rotatable bonds is 6. The smallest absolute Gasteiger partial charge is 0.0900 e. The molecule has 0 bridgehead atoms. The summed E-state index contributed by atoms with van der Waals surface area (Å²) in [6.07, 6.45) is 4.16. The number of piperidine rings is 1. The Balaban J connectivity index is 1.57. The third-order valence-corrected chi connectivity index (χ3v) is 5.59. The first-order valence-corrected chi connectivity index (χ1v) is 9.81. The molecule has 0 spiro atoms. The summed E-state index contributed by atoms with van der Waals surface area (Å²) in [5, 5.41) is 10.5. The first kappa shape index (κ1) is 18.8. The van der Waals surface area contributed by atoms with E-state index in [0.717, 1.165) is 32.6 Å². The number of aliphatic hydroxyl groups is 1. The van der Waals surface area contributed by atoms with Crippen LogP contribution in [0.3, 0.4) is 0 Å². The summed E-state index contributed by atoms with van der Waals surface area (Å²) in [6, 6.07) is 9.28. The monoisotopic (exact) mass is 347 g/mol. The largest absolute Gasteiger partial charge is 0.389 e. The lowest BCUT2D eigenvalue weighted by Gasteiger charge is -2.41. The van der Waals surface area contributed by atoms with Gasteiger partial charge < -0.3 is 14.6 Å². The molecule has 2 aliphatic rings. The molecule has 0 saturated carbocycles. The number of nitrogens with zero attached hydrogens (tertiary/aromatic N) is 1. The lowest BCUT2D eigenvalue weighted by molar-refractivity contribution is -0.0693. The van der Waals surface area contributed by atoms with E-state index in [1.165, 1.54) is 24.0 Å². The summed E-state index contributed by atoms with van der Waals surface area (Å²) < 4.78 is 11.3. The van der Waals surface area contributed by atoms with Crippen LogP contribution in [0.15, 0.2) is 24.3 Å². The van der Waals surface area contributed by atoms with E-state index in [-0.39, 0.29) is 6.10 Å². The number of hydrogen-bond donors (Lipinski definition) is 1. The van der Waals surface area contributed by atoms with Crippen LogP contribution < -0.4 is 0 Å². The van der Waals surface area contributed by atoms with E-state index < -0.39 is 6.10 Å². The maximum absolute atomic E-state index is 10.5. The molecule has 2 saturated heterocycles. The highest BCUT2D eigenvalue weighted by Crippen LogP contribution is 2.35. The van der Waals surface area contributed by atoms with Crippen LogP contribution in [0.2, 0.25) is 0 Å². The normalized spacial score (nSPS) is 27.3. The summed E-state index contributed by atoms with van der Waals surface area (Å²) in [5.41, 5.74) is 2.67. The highest BCUT2D eigenvalue weighted by atomic mass is 16.5. The number of aryl methyl sites for hydroxylation is 1. The molecule has 140 valence electrons. The lowest BCUT2D eigenvalue weighted by atomic mass is 9.85. The zero-order valence-electron chi connectivity index (χ0n) is 15.7. The first-order valence-electron chi connectivity index (χ1n) is 9.81. The number of β-amino-alcohol motifs (C(OH)–C–C–N with tert-alkyl or cyclic N) is 1. The van der Waals surface area contributed by atoms with Crippen LogP contribution in [-0.4, -0.2) is 55.1 Å². The number of ether oxygens (including phenoxy) is 2.